The molecule has 6 heteroatoms. The highest BCUT2D eigenvalue weighted by atomic mass is 127. The number of likely N-dealkylation sites (N-methyl/N-ethyl adjacent to an activating group) is 1. The van der Waals surface area contributed by atoms with Crippen LogP contribution in [-0.4, -0.2) is 79.6 Å². The Balaban J connectivity index is 0.00000242. The van der Waals surface area contributed by atoms with Crippen molar-refractivity contribution in [1.29, 1.82) is 0 Å². The van der Waals surface area contributed by atoms with Gasteiger partial charge < -0.3 is 20.4 Å². The van der Waals surface area contributed by atoms with Crippen LogP contribution in [0.2, 0.25) is 0 Å². The van der Waals surface area contributed by atoms with Crippen LogP contribution in [0.5, 0.6) is 0 Å². The van der Waals surface area contributed by atoms with Crippen LogP contribution < -0.4 is 5.73 Å². The molecule has 0 aliphatic carbocycles. The van der Waals surface area contributed by atoms with Crippen LogP contribution in [0, 0.1) is 0 Å². The molecule has 0 saturated carbocycles. The molecular weight excluding hydrogens is 389 g/mol. The molecular formula is C16H34IN5. The van der Waals surface area contributed by atoms with Crippen LogP contribution in [-0.2, 0) is 0 Å². The number of nitrogens with two attached hydrogens (primary N) is 1. The maximum absolute atomic E-state index is 6.06. The zero-order chi connectivity index (χ0) is 14.9. The van der Waals surface area contributed by atoms with Crippen molar-refractivity contribution < 1.29 is 0 Å². The van der Waals surface area contributed by atoms with Gasteiger partial charge in [0.05, 0.1) is 0 Å². The molecule has 2 aliphatic heterocycles. The maximum atomic E-state index is 6.06. The SMILES string of the molecule is CCN1CCN(CCCCN=C(N)N2CCCCC2)CC1.I. The van der Waals surface area contributed by atoms with Crippen molar-refractivity contribution in [2.45, 2.75) is 39.0 Å². The van der Waals surface area contributed by atoms with E-state index in [4.69, 9.17) is 5.73 Å². The lowest BCUT2D eigenvalue weighted by Crippen LogP contribution is -2.46. The molecule has 2 saturated heterocycles. The van der Waals surface area contributed by atoms with Crippen molar-refractivity contribution >= 4 is 29.9 Å². The predicted octanol–water partition coefficient (Wildman–Crippen LogP) is 1.82. The largest absolute Gasteiger partial charge is 0.370 e. The number of hydrogen-bond acceptors (Lipinski definition) is 3. The van der Waals surface area contributed by atoms with E-state index in [1.54, 1.807) is 0 Å². The molecule has 2 heterocycles. The van der Waals surface area contributed by atoms with Gasteiger partial charge in [-0.05, 0) is 45.2 Å². The number of likely N-dealkylation sites (tertiary alicyclic amines) is 1. The van der Waals surface area contributed by atoms with Gasteiger partial charge in [-0.2, -0.15) is 0 Å². The molecule has 0 bridgehead atoms. The Bertz CT molecular complexity index is 310. The Hall–Kier alpha value is -0.0800. The topological polar surface area (TPSA) is 48.1 Å². The molecule has 5 nitrogen and oxygen atoms in total. The first kappa shape index (κ1) is 20.0. The first-order chi connectivity index (χ1) is 10.3. The fourth-order valence-corrected chi connectivity index (χ4v) is 3.19. The smallest absolute Gasteiger partial charge is 0.191 e. The summed E-state index contributed by atoms with van der Waals surface area (Å²) in [6, 6.07) is 0. The Kier molecular flexibility index (Phi) is 10.4. The van der Waals surface area contributed by atoms with E-state index < -0.39 is 0 Å². The van der Waals surface area contributed by atoms with E-state index in [0.717, 1.165) is 32.0 Å². The van der Waals surface area contributed by atoms with E-state index in [1.807, 2.05) is 0 Å². The highest BCUT2D eigenvalue weighted by Gasteiger charge is 2.14. The van der Waals surface area contributed by atoms with Gasteiger partial charge in [0.25, 0.3) is 0 Å². The third kappa shape index (κ3) is 7.00. The van der Waals surface area contributed by atoms with E-state index in [9.17, 15) is 0 Å². The average molecular weight is 423 g/mol. The minimum absolute atomic E-state index is 0. The quantitative estimate of drug-likeness (QED) is 0.307. The van der Waals surface area contributed by atoms with E-state index in [0.29, 0.717) is 0 Å². The number of hydrogen-bond donors (Lipinski definition) is 1. The van der Waals surface area contributed by atoms with Gasteiger partial charge in [0.1, 0.15) is 0 Å². The normalized spacial score (nSPS) is 21.7. The van der Waals surface area contributed by atoms with Gasteiger partial charge in [-0.15, -0.1) is 24.0 Å². The van der Waals surface area contributed by atoms with Gasteiger partial charge in [0.2, 0.25) is 0 Å². The summed E-state index contributed by atoms with van der Waals surface area (Å²) in [5.74, 6) is 0.770. The lowest BCUT2D eigenvalue weighted by atomic mass is 10.1. The summed E-state index contributed by atoms with van der Waals surface area (Å²) in [5.41, 5.74) is 6.06. The van der Waals surface area contributed by atoms with Gasteiger partial charge >= 0.3 is 0 Å². The number of unbranched alkanes of at least 4 members (excludes halogenated alkanes) is 1. The summed E-state index contributed by atoms with van der Waals surface area (Å²) in [6.07, 6.45) is 6.26. The van der Waals surface area contributed by atoms with Crippen molar-refractivity contribution in [2.24, 2.45) is 10.7 Å². The third-order valence-corrected chi connectivity index (χ3v) is 4.75. The van der Waals surface area contributed by atoms with Crippen molar-refractivity contribution in [3.8, 4) is 0 Å². The summed E-state index contributed by atoms with van der Waals surface area (Å²) < 4.78 is 0. The molecule has 0 radical (unpaired) electrons. The van der Waals surface area contributed by atoms with Gasteiger partial charge in [-0.3, -0.25) is 4.99 Å². The number of piperidine rings is 1. The summed E-state index contributed by atoms with van der Waals surface area (Å²) in [4.78, 5) is 11.9. The Morgan fingerprint density at radius 2 is 1.55 bits per heavy atom. The zero-order valence-electron chi connectivity index (χ0n) is 14.2. The van der Waals surface area contributed by atoms with Crippen molar-refractivity contribution in [3.05, 3.63) is 0 Å². The molecule has 0 aromatic carbocycles. The van der Waals surface area contributed by atoms with Crippen molar-refractivity contribution in [2.75, 3.05) is 58.9 Å². The summed E-state index contributed by atoms with van der Waals surface area (Å²) >= 11 is 0. The van der Waals surface area contributed by atoms with Crippen molar-refractivity contribution in [1.82, 2.24) is 14.7 Å². The fourth-order valence-electron chi connectivity index (χ4n) is 3.19. The molecule has 0 unspecified atom stereocenters. The summed E-state index contributed by atoms with van der Waals surface area (Å²) in [5, 5.41) is 0. The molecule has 2 fully saturated rings. The Labute approximate surface area is 153 Å². The number of aliphatic imine (C=N–C) groups is 1. The number of rotatable bonds is 6. The van der Waals surface area contributed by atoms with Crippen LogP contribution in [0.1, 0.15) is 39.0 Å². The molecule has 2 aliphatic rings. The highest BCUT2D eigenvalue weighted by molar-refractivity contribution is 14.0. The maximum Gasteiger partial charge on any atom is 0.191 e. The second-order valence-corrected chi connectivity index (χ2v) is 6.27. The summed E-state index contributed by atoms with van der Waals surface area (Å²) in [7, 11) is 0. The van der Waals surface area contributed by atoms with Crippen LogP contribution >= 0.6 is 24.0 Å². The van der Waals surface area contributed by atoms with Gasteiger partial charge in [-0.1, -0.05) is 6.92 Å². The van der Waals surface area contributed by atoms with Crippen LogP contribution in [0.3, 0.4) is 0 Å². The zero-order valence-corrected chi connectivity index (χ0v) is 16.5. The first-order valence-electron chi connectivity index (χ1n) is 8.79. The minimum atomic E-state index is 0. The lowest BCUT2D eigenvalue weighted by molar-refractivity contribution is 0.136. The molecule has 0 aromatic heterocycles. The first-order valence-corrected chi connectivity index (χ1v) is 8.79. The molecule has 0 atom stereocenters. The second kappa shape index (κ2) is 11.5. The van der Waals surface area contributed by atoms with Crippen LogP contribution in [0.25, 0.3) is 0 Å². The molecule has 0 amide bonds. The molecule has 0 spiro atoms. The van der Waals surface area contributed by atoms with Gasteiger partial charge in [0.15, 0.2) is 5.96 Å². The third-order valence-electron chi connectivity index (χ3n) is 4.75. The van der Waals surface area contributed by atoms with E-state index in [2.05, 4.69) is 26.6 Å². The molecule has 0 aromatic rings. The Morgan fingerprint density at radius 1 is 0.909 bits per heavy atom. The minimum Gasteiger partial charge on any atom is -0.370 e. The van der Waals surface area contributed by atoms with E-state index in [1.165, 1.54) is 65.0 Å². The van der Waals surface area contributed by atoms with Crippen LogP contribution in [0.15, 0.2) is 4.99 Å². The monoisotopic (exact) mass is 423 g/mol. The molecule has 22 heavy (non-hydrogen) atoms. The Morgan fingerprint density at radius 3 is 2.18 bits per heavy atom. The number of piperazine rings is 1. The fraction of sp³-hybridized carbons (Fsp3) is 0.938. The van der Waals surface area contributed by atoms with Gasteiger partial charge in [0, 0.05) is 45.8 Å². The molecule has 2 N–H and O–H groups in total. The van der Waals surface area contributed by atoms with Crippen LogP contribution in [0.4, 0.5) is 0 Å². The van der Waals surface area contributed by atoms with E-state index >= 15 is 0 Å². The number of nitrogens with zero attached hydrogens (tertiary/aromatic N) is 4. The van der Waals surface area contributed by atoms with Crippen molar-refractivity contribution in [3.63, 3.8) is 0 Å². The number of guanidine groups is 1. The standard InChI is InChI=1S/C16H33N5.HI/c1-2-19-12-14-20(15-13-19)9-7-4-8-18-16(17)21-10-5-3-6-11-21;/h2-15H2,1H3,(H2,17,18);1H. The lowest BCUT2D eigenvalue weighted by Gasteiger charge is -2.33. The predicted molar refractivity (Wildman–Crippen MR) is 105 cm³/mol. The summed E-state index contributed by atoms with van der Waals surface area (Å²) in [6.45, 7) is 12.7. The second-order valence-electron chi connectivity index (χ2n) is 6.27. The van der Waals surface area contributed by atoms with E-state index in [-0.39, 0.29) is 24.0 Å². The van der Waals surface area contributed by atoms with Gasteiger partial charge in [-0.25, -0.2) is 0 Å². The molecule has 2 rings (SSSR count). The number of halogens is 1. The molecule has 130 valence electrons. The highest BCUT2D eigenvalue weighted by Crippen LogP contribution is 2.08. The average Bonchev–Trinajstić information content (AvgIpc) is 2.55.